The van der Waals surface area contributed by atoms with Gasteiger partial charge in [-0.05, 0) is 24.6 Å². The number of hydrogen-bond acceptors (Lipinski definition) is 5. The molecule has 6 heteroatoms. The monoisotopic (exact) mass is 330 g/mol. The number of phenols is 1. The summed E-state index contributed by atoms with van der Waals surface area (Å²) in [5.74, 6) is 0.491. The molecule has 2 N–H and O–H groups in total. The second-order valence-electron chi connectivity index (χ2n) is 5.34. The SMILES string of the molecule is C=C(C)CSC1=C(C#N)C(c2ccc(O)c(OC)c2)CC(=O)N1. The lowest BCUT2D eigenvalue weighted by Crippen LogP contribution is -2.31. The lowest BCUT2D eigenvalue weighted by Gasteiger charge is -2.25. The summed E-state index contributed by atoms with van der Waals surface area (Å²) < 4.78 is 5.11. The van der Waals surface area contributed by atoms with Gasteiger partial charge < -0.3 is 15.2 Å². The van der Waals surface area contributed by atoms with Crippen LogP contribution in [-0.4, -0.2) is 23.9 Å². The maximum absolute atomic E-state index is 12.0. The zero-order chi connectivity index (χ0) is 17.0. The Bertz CT molecular complexity index is 719. The van der Waals surface area contributed by atoms with E-state index in [0.717, 1.165) is 11.1 Å². The van der Waals surface area contributed by atoms with E-state index in [1.165, 1.54) is 24.9 Å². The van der Waals surface area contributed by atoms with Crippen molar-refractivity contribution in [1.29, 1.82) is 5.26 Å². The first-order valence-corrected chi connectivity index (χ1v) is 8.03. The average Bonchev–Trinajstić information content (AvgIpc) is 2.52. The average molecular weight is 330 g/mol. The van der Waals surface area contributed by atoms with Crippen LogP contribution in [0.1, 0.15) is 24.8 Å². The van der Waals surface area contributed by atoms with Gasteiger partial charge >= 0.3 is 0 Å². The number of nitrogens with zero attached hydrogens (tertiary/aromatic N) is 1. The number of amides is 1. The highest BCUT2D eigenvalue weighted by molar-refractivity contribution is 8.03. The lowest BCUT2D eigenvalue weighted by molar-refractivity contribution is -0.120. The molecule has 0 aliphatic carbocycles. The van der Waals surface area contributed by atoms with Crippen molar-refractivity contribution in [2.24, 2.45) is 0 Å². The first-order valence-electron chi connectivity index (χ1n) is 7.04. The highest BCUT2D eigenvalue weighted by atomic mass is 32.2. The Kier molecular flexibility index (Phi) is 5.35. The molecule has 0 radical (unpaired) electrons. The molecular formula is C17H18N2O3S. The van der Waals surface area contributed by atoms with Gasteiger partial charge in [-0.2, -0.15) is 5.26 Å². The second-order valence-corrected chi connectivity index (χ2v) is 6.32. The third-order valence-corrected chi connectivity index (χ3v) is 4.67. The van der Waals surface area contributed by atoms with Crippen LogP contribution in [0.25, 0.3) is 0 Å². The van der Waals surface area contributed by atoms with E-state index in [-0.39, 0.29) is 24.0 Å². The fraction of sp³-hybridized carbons (Fsp3) is 0.294. The van der Waals surface area contributed by atoms with E-state index in [4.69, 9.17) is 4.74 Å². The van der Waals surface area contributed by atoms with Crippen molar-refractivity contribution in [3.63, 3.8) is 0 Å². The summed E-state index contributed by atoms with van der Waals surface area (Å²) in [5.41, 5.74) is 2.24. The molecular weight excluding hydrogens is 312 g/mol. The zero-order valence-electron chi connectivity index (χ0n) is 13.0. The Balaban J connectivity index is 2.43. The number of thioether (sulfide) groups is 1. The third kappa shape index (κ3) is 3.88. The van der Waals surface area contributed by atoms with E-state index in [1.807, 2.05) is 6.92 Å². The van der Waals surface area contributed by atoms with Gasteiger partial charge in [0.05, 0.1) is 23.8 Å². The van der Waals surface area contributed by atoms with E-state index in [9.17, 15) is 15.2 Å². The maximum Gasteiger partial charge on any atom is 0.225 e. The van der Waals surface area contributed by atoms with Gasteiger partial charge in [0.1, 0.15) is 0 Å². The van der Waals surface area contributed by atoms with Gasteiger partial charge in [0.2, 0.25) is 5.91 Å². The molecule has 0 bridgehead atoms. The minimum Gasteiger partial charge on any atom is -0.504 e. The summed E-state index contributed by atoms with van der Waals surface area (Å²) in [6.07, 6.45) is 0.188. The molecule has 1 unspecified atom stereocenters. The smallest absolute Gasteiger partial charge is 0.225 e. The second kappa shape index (κ2) is 7.25. The van der Waals surface area contributed by atoms with Gasteiger partial charge in [-0.25, -0.2) is 0 Å². The molecule has 5 nitrogen and oxygen atoms in total. The number of carbonyl (C=O) groups excluding carboxylic acids is 1. The topological polar surface area (TPSA) is 82.3 Å². The zero-order valence-corrected chi connectivity index (χ0v) is 13.9. The van der Waals surface area contributed by atoms with E-state index < -0.39 is 0 Å². The summed E-state index contributed by atoms with van der Waals surface area (Å²) >= 11 is 1.40. The van der Waals surface area contributed by atoms with Crippen LogP contribution in [0, 0.1) is 11.3 Å². The fourth-order valence-corrected chi connectivity index (χ4v) is 3.24. The molecule has 0 saturated heterocycles. The number of nitrogens with one attached hydrogen (secondary N) is 1. The number of ether oxygens (including phenoxy) is 1. The van der Waals surface area contributed by atoms with Crippen molar-refractivity contribution < 1.29 is 14.6 Å². The summed E-state index contributed by atoms with van der Waals surface area (Å²) in [7, 11) is 1.46. The van der Waals surface area contributed by atoms with Gasteiger partial charge in [-0.15, -0.1) is 11.8 Å². The van der Waals surface area contributed by atoms with Gasteiger partial charge in [0.15, 0.2) is 11.5 Å². The van der Waals surface area contributed by atoms with Crippen LogP contribution in [0.5, 0.6) is 11.5 Å². The first-order chi connectivity index (χ1) is 11.0. The molecule has 1 atom stereocenters. The van der Waals surface area contributed by atoms with Gasteiger partial charge in [-0.1, -0.05) is 18.2 Å². The Morgan fingerprint density at radius 3 is 2.96 bits per heavy atom. The number of rotatable bonds is 5. The van der Waals surface area contributed by atoms with Crippen LogP contribution in [0.4, 0.5) is 0 Å². The fourth-order valence-electron chi connectivity index (χ4n) is 2.32. The first kappa shape index (κ1) is 17.0. The van der Waals surface area contributed by atoms with Gasteiger partial charge in [0, 0.05) is 18.1 Å². The van der Waals surface area contributed by atoms with Crippen LogP contribution in [0.15, 0.2) is 41.0 Å². The van der Waals surface area contributed by atoms with Crippen LogP contribution in [0.3, 0.4) is 0 Å². The molecule has 1 amide bonds. The number of carbonyl (C=O) groups is 1. The van der Waals surface area contributed by atoms with Crippen LogP contribution < -0.4 is 10.1 Å². The number of phenolic OH excluding ortho intramolecular Hbond substituents is 1. The number of benzene rings is 1. The Hall–Kier alpha value is -2.39. The summed E-state index contributed by atoms with van der Waals surface area (Å²) in [5, 5.41) is 22.6. The quantitative estimate of drug-likeness (QED) is 0.811. The highest BCUT2D eigenvalue weighted by Crippen LogP contribution is 2.39. The van der Waals surface area contributed by atoms with E-state index in [1.54, 1.807) is 12.1 Å². The number of aromatic hydroxyl groups is 1. The molecule has 23 heavy (non-hydrogen) atoms. The number of allylic oxidation sites excluding steroid dienone is 1. The predicted molar refractivity (Wildman–Crippen MR) is 90.1 cm³/mol. The molecule has 1 aliphatic heterocycles. The van der Waals surface area contributed by atoms with Crippen LogP contribution >= 0.6 is 11.8 Å². The molecule has 1 aromatic carbocycles. The highest BCUT2D eigenvalue weighted by Gasteiger charge is 2.30. The Morgan fingerprint density at radius 1 is 1.61 bits per heavy atom. The van der Waals surface area contributed by atoms with Crippen molar-refractivity contribution in [3.05, 3.63) is 46.5 Å². The van der Waals surface area contributed by atoms with Gasteiger partial charge in [0.25, 0.3) is 0 Å². The molecule has 1 heterocycles. The summed E-state index contributed by atoms with van der Waals surface area (Å²) in [4.78, 5) is 12.0. The number of hydrogen-bond donors (Lipinski definition) is 2. The molecule has 0 fully saturated rings. The van der Waals surface area contributed by atoms with Crippen LogP contribution in [0.2, 0.25) is 0 Å². The normalized spacial score (nSPS) is 17.4. The van der Waals surface area contributed by atoms with Gasteiger partial charge in [-0.3, -0.25) is 4.79 Å². The van der Waals surface area contributed by atoms with E-state index in [0.29, 0.717) is 22.1 Å². The minimum atomic E-state index is -0.351. The van der Waals surface area contributed by atoms with Crippen molar-refractivity contribution >= 4 is 17.7 Å². The summed E-state index contributed by atoms with van der Waals surface area (Å²) in [6.45, 7) is 5.73. The minimum absolute atomic E-state index is 0.0240. The van der Waals surface area contributed by atoms with Crippen LogP contribution in [-0.2, 0) is 4.79 Å². The Labute approximate surface area is 139 Å². The molecule has 1 aromatic rings. The van der Waals surface area contributed by atoms with Crippen molar-refractivity contribution in [2.75, 3.05) is 12.9 Å². The molecule has 0 spiro atoms. The standard InChI is InChI=1S/C17H18N2O3S/c1-10(2)9-23-17-13(8-18)12(7-16(21)19-17)11-4-5-14(20)15(6-11)22-3/h4-6,12,20H,1,7,9H2,2-3H3,(H,19,21). The molecule has 120 valence electrons. The van der Waals surface area contributed by atoms with Crippen molar-refractivity contribution in [1.82, 2.24) is 5.32 Å². The molecule has 0 saturated carbocycles. The number of methoxy groups -OCH3 is 1. The van der Waals surface area contributed by atoms with Crippen molar-refractivity contribution in [2.45, 2.75) is 19.3 Å². The maximum atomic E-state index is 12.0. The molecule has 0 aromatic heterocycles. The summed E-state index contributed by atoms with van der Waals surface area (Å²) in [6, 6.07) is 7.09. The largest absolute Gasteiger partial charge is 0.504 e. The molecule has 1 aliphatic rings. The van der Waals surface area contributed by atoms with Crippen molar-refractivity contribution in [3.8, 4) is 17.6 Å². The van der Waals surface area contributed by atoms with E-state index in [2.05, 4.69) is 18.0 Å². The Morgan fingerprint density at radius 2 is 2.35 bits per heavy atom. The predicted octanol–water partition coefficient (Wildman–Crippen LogP) is 3.05. The molecule has 2 rings (SSSR count). The van der Waals surface area contributed by atoms with E-state index >= 15 is 0 Å². The lowest BCUT2D eigenvalue weighted by atomic mass is 9.87. The third-order valence-electron chi connectivity index (χ3n) is 3.43. The number of nitriles is 1.